The van der Waals surface area contributed by atoms with E-state index in [0.717, 1.165) is 31.7 Å². The number of rotatable bonds is 8. The maximum atomic E-state index is 11.2. The molecular weight excluding hydrogens is 565 g/mol. The minimum absolute atomic E-state index is 0.266. The fourth-order valence-electron chi connectivity index (χ4n) is 4.45. The molecule has 0 amide bonds. The van der Waals surface area contributed by atoms with Crippen molar-refractivity contribution in [1.29, 1.82) is 5.26 Å². The molecule has 198 valence electrons. The molecule has 0 atom stereocenters. The highest BCUT2D eigenvalue weighted by Gasteiger charge is 2.14. The van der Waals surface area contributed by atoms with Crippen LogP contribution in [0.5, 0.6) is 0 Å². The summed E-state index contributed by atoms with van der Waals surface area (Å²) in [6, 6.07) is 43.6. The number of nitriles is 1. The van der Waals surface area contributed by atoms with Crippen molar-refractivity contribution in [3.63, 3.8) is 0 Å². The number of aliphatic carboxylic acids is 1. The van der Waals surface area contributed by atoms with Gasteiger partial charge in [0.2, 0.25) is 0 Å². The number of carbonyl (C=O) groups is 1. The lowest BCUT2D eigenvalue weighted by Crippen LogP contribution is -2.09. The van der Waals surface area contributed by atoms with Gasteiger partial charge in [-0.3, -0.25) is 0 Å². The number of para-hydroxylation sites is 2. The molecule has 4 nitrogen and oxygen atoms in total. The molecule has 6 rings (SSSR count). The molecule has 3 aromatic carbocycles. The second kappa shape index (κ2) is 11.8. The monoisotopic (exact) mass is 586 g/mol. The average Bonchev–Trinajstić information content (AvgIpc) is 3.79. The normalized spacial score (nSPS) is 11.2. The van der Waals surface area contributed by atoms with Crippen LogP contribution < -0.4 is 4.90 Å². The molecule has 0 unspecified atom stereocenters. The van der Waals surface area contributed by atoms with Crippen LogP contribution in [0.1, 0.15) is 4.88 Å². The molecule has 0 bridgehead atoms. The molecule has 0 saturated carbocycles. The second-order valence-corrected chi connectivity index (χ2v) is 12.3. The van der Waals surface area contributed by atoms with Crippen molar-refractivity contribution in [1.82, 2.24) is 0 Å². The number of carboxylic acids is 1. The van der Waals surface area contributed by atoms with E-state index in [4.69, 9.17) is 10.4 Å². The topological polar surface area (TPSA) is 64.3 Å². The van der Waals surface area contributed by atoms with Crippen LogP contribution in [0.4, 0.5) is 17.1 Å². The predicted octanol–water partition coefficient (Wildman–Crippen LogP) is 10.3. The fraction of sp³-hybridized carbons (Fsp3) is 0. The third-order valence-corrected chi connectivity index (χ3v) is 10.0. The standard InChI is InChI=1S/C34H22N2O2S3/c35-22-24(34(37)38)21-28-15-16-30(39-28)31-19-20-33(41-31)32-18-17-29(40-32)23-11-13-27(14-12-23)36(25-7-3-1-4-8-25)26-9-5-2-6-10-26/h1-21H,(H,37,38)/b24-21+. The van der Waals surface area contributed by atoms with E-state index in [1.165, 1.54) is 37.6 Å². The summed E-state index contributed by atoms with van der Waals surface area (Å²) in [5.74, 6) is -1.21. The van der Waals surface area contributed by atoms with E-state index in [0.29, 0.717) is 0 Å². The van der Waals surface area contributed by atoms with Crippen molar-refractivity contribution >= 4 is 63.1 Å². The van der Waals surface area contributed by atoms with Crippen LogP contribution in [0.2, 0.25) is 0 Å². The lowest BCUT2D eigenvalue weighted by atomic mass is 10.1. The van der Waals surface area contributed by atoms with E-state index < -0.39 is 5.97 Å². The summed E-state index contributed by atoms with van der Waals surface area (Å²) in [6.07, 6.45) is 1.42. The molecule has 0 aliphatic rings. The maximum absolute atomic E-state index is 11.2. The van der Waals surface area contributed by atoms with Gasteiger partial charge in [0.25, 0.3) is 0 Å². The molecule has 0 aliphatic heterocycles. The van der Waals surface area contributed by atoms with Gasteiger partial charge in [0.1, 0.15) is 11.6 Å². The number of anilines is 3. The summed E-state index contributed by atoms with van der Waals surface area (Å²) in [5.41, 5.74) is 4.22. The zero-order valence-corrected chi connectivity index (χ0v) is 24.0. The van der Waals surface area contributed by atoms with Crippen LogP contribution in [0.15, 0.2) is 127 Å². The highest BCUT2D eigenvalue weighted by molar-refractivity contribution is 7.27. The molecule has 0 fully saturated rings. The predicted molar refractivity (Wildman–Crippen MR) is 172 cm³/mol. The van der Waals surface area contributed by atoms with Crippen LogP contribution in [-0.4, -0.2) is 11.1 Å². The molecule has 41 heavy (non-hydrogen) atoms. The van der Waals surface area contributed by atoms with E-state index in [1.54, 1.807) is 28.7 Å². The Morgan fingerprint density at radius 1 is 0.610 bits per heavy atom. The van der Waals surface area contributed by atoms with Crippen LogP contribution in [0.25, 0.3) is 36.0 Å². The second-order valence-electron chi connectivity index (χ2n) is 9.06. The first-order chi connectivity index (χ1) is 20.1. The number of nitrogens with zero attached hydrogens (tertiary/aromatic N) is 2. The highest BCUT2D eigenvalue weighted by Crippen LogP contribution is 2.43. The Balaban J connectivity index is 1.23. The van der Waals surface area contributed by atoms with Gasteiger partial charge in [-0.2, -0.15) is 5.26 Å². The minimum Gasteiger partial charge on any atom is -0.477 e. The Hall–Kier alpha value is -4.74. The lowest BCUT2D eigenvalue weighted by molar-refractivity contribution is -0.132. The lowest BCUT2D eigenvalue weighted by Gasteiger charge is -2.25. The molecule has 3 aromatic heterocycles. The van der Waals surface area contributed by atoms with E-state index in [1.807, 2.05) is 24.3 Å². The summed E-state index contributed by atoms with van der Waals surface area (Å²) in [7, 11) is 0. The van der Waals surface area contributed by atoms with E-state index in [2.05, 4.69) is 102 Å². The fourth-order valence-corrected chi connectivity index (χ4v) is 7.60. The van der Waals surface area contributed by atoms with Gasteiger partial charge < -0.3 is 10.0 Å². The first-order valence-corrected chi connectivity index (χ1v) is 15.2. The number of benzene rings is 3. The van der Waals surface area contributed by atoms with Gasteiger partial charge in [0.05, 0.1) is 0 Å². The summed E-state index contributed by atoms with van der Waals surface area (Å²) < 4.78 is 0. The Kier molecular flexibility index (Phi) is 7.61. The number of hydrogen-bond donors (Lipinski definition) is 1. The van der Waals surface area contributed by atoms with Gasteiger partial charge in [-0.25, -0.2) is 4.79 Å². The SMILES string of the molecule is N#C/C(=C\c1ccc(-c2ccc(-c3ccc(-c4ccc(N(c5ccccc5)c5ccccc5)cc4)s3)s2)s1)C(=O)O. The van der Waals surface area contributed by atoms with Gasteiger partial charge in [-0.15, -0.1) is 34.0 Å². The molecule has 1 N–H and O–H groups in total. The Bertz CT molecular complexity index is 1840. The molecule has 7 heteroatoms. The van der Waals surface area contributed by atoms with Gasteiger partial charge in [-0.1, -0.05) is 48.5 Å². The quantitative estimate of drug-likeness (QED) is 0.142. The number of thiophene rings is 3. The zero-order valence-electron chi connectivity index (χ0n) is 21.6. The summed E-state index contributed by atoms with van der Waals surface area (Å²) in [4.78, 5) is 19.9. The number of hydrogen-bond acceptors (Lipinski definition) is 6. The maximum Gasteiger partial charge on any atom is 0.346 e. The van der Waals surface area contributed by atoms with Gasteiger partial charge in [-0.05, 0) is 84.4 Å². The van der Waals surface area contributed by atoms with Gasteiger partial charge in [0.15, 0.2) is 0 Å². The average molecular weight is 587 g/mol. The third kappa shape index (κ3) is 5.76. The van der Waals surface area contributed by atoms with Crippen LogP contribution >= 0.6 is 34.0 Å². The van der Waals surface area contributed by atoms with E-state index >= 15 is 0 Å². The van der Waals surface area contributed by atoms with Crippen molar-refractivity contribution < 1.29 is 9.90 Å². The summed E-state index contributed by atoms with van der Waals surface area (Å²) >= 11 is 4.95. The highest BCUT2D eigenvalue weighted by atomic mass is 32.1. The van der Waals surface area contributed by atoms with Crippen LogP contribution in [-0.2, 0) is 4.79 Å². The van der Waals surface area contributed by atoms with E-state index in [-0.39, 0.29) is 5.57 Å². The van der Waals surface area contributed by atoms with Gasteiger partial charge >= 0.3 is 5.97 Å². The first kappa shape index (κ1) is 26.5. The van der Waals surface area contributed by atoms with Crippen LogP contribution in [0.3, 0.4) is 0 Å². The van der Waals surface area contributed by atoms with Crippen molar-refractivity contribution in [3.05, 3.63) is 132 Å². The summed E-state index contributed by atoms with van der Waals surface area (Å²) in [6.45, 7) is 0. The molecule has 0 aliphatic carbocycles. The molecule has 0 radical (unpaired) electrons. The number of carboxylic acid groups (broad SMARTS) is 1. The van der Waals surface area contributed by atoms with E-state index in [9.17, 15) is 4.79 Å². The van der Waals surface area contributed by atoms with Crippen molar-refractivity contribution in [2.24, 2.45) is 0 Å². The Morgan fingerprint density at radius 3 is 1.61 bits per heavy atom. The summed E-state index contributed by atoms with van der Waals surface area (Å²) in [5, 5.41) is 18.2. The van der Waals surface area contributed by atoms with Crippen molar-refractivity contribution in [2.45, 2.75) is 0 Å². The largest absolute Gasteiger partial charge is 0.477 e. The first-order valence-electron chi connectivity index (χ1n) is 12.7. The van der Waals surface area contributed by atoms with Crippen LogP contribution in [0, 0.1) is 11.3 Å². The Labute approximate surface area is 250 Å². The smallest absolute Gasteiger partial charge is 0.346 e. The van der Waals surface area contributed by atoms with Crippen molar-refractivity contribution in [3.8, 4) is 36.0 Å². The zero-order chi connectivity index (χ0) is 28.2. The van der Waals surface area contributed by atoms with Crippen molar-refractivity contribution in [2.75, 3.05) is 4.90 Å². The molecule has 3 heterocycles. The molecule has 6 aromatic rings. The minimum atomic E-state index is -1.21. The molecule has 0 spiro atoms. The van der Waals surface area contributed by atoms with Gasteiger partial charge in [0, 0.05) is 46.3 Å². The molecular formula is C34H22N2O2S3. The third-order valence-electron chi connectivity index (χ3n) is 6.40. The Morgan fingerprint density at radius 2 is 1.07 bits per heavy atom. The molecule has 0 saturated heterocycles.